The average molecular weight is 432 g/mol. The summed E-state index contributed by atoms with van der Waals surface area (Å²) in [6.07, 6.45) is 0. The second-order valence-electron chi connectivity index (χ2n) is 7.54. The fourth-order valence-corrected chi connectivity index (χ4v) is 3.70. The molecule has 32 heavy (non-hydrogen) atoms. The molecule has 1 aliphatic heterocycles. The highest BCUT2D eigenvalue weighted by atomic mass is 16.5. The zero-order valence-electron chi connectivity index (χ0n) is 18.1. The first kappa shape index (κ1) is 21.2. The van der Waals surface area contributed by atoms with Gasteiger partial charge in [0.2, 0.25) is 0 Å². The number of benzene rings is 3. The number of methoxy groups -OCH3 is 2. The van der Waals surface area contributed by atoms with Gasteiger partial charge in [0.1, 0.15) is 17.0 Å². The van der Waals surface area contributed by atoms with Gasteiger partial charge in [-0.15, -0.1) is 0 Å². The Morgan fingerprint density at radius 2 is 1.53 bits per heavy atom. The molecule has 1 unspecified atom stereocenters. The zero-order chi connectivity index (χ0) is 22.7. The first-order chi connectivity index (χ1) is 15.5. The van der Waals surface area contributed by atoms with Gasteiger partial charge in [0.25, 0.3) is 5.91 Å². The summed E-state index contributed by atoms with van der Waals surface area (Å²) in [6, 6.07) is 21.4. The maximum Gasteiger partial charge on any atom is 0.325 e. The molecule has 0 spiro atoms. The summed E-state index contributed by atoms with van der Waals surface area (Å²) < 4.78 is 16.6. The number of ether oxygens (including phenoxy) is 3. The van der Waals surface area contributed by atoms with E-state index in [0.717, 1.165) is 5.56 Å². The minimum atomic E-state index is -1.23. The van der Waals surface area contributed by atoms with Crippen molar-refractivity contribution in [2.24, 2.45) is 0 Å². The van der Waals surface area contributed by atoms with E-state index in [-0.39, 0.29) is 12.5 Å². The molecular weight excluding hydrogens is 408 g/mol. The van der Waals surface area contributed by atoms with Crippen LogP contribution < -0.4 is 19.5 Å². The first-order valence-electron chi connectivity index (χ1n) is 10.1. The van der Waals surface area contributed by atoms with Gasteiger partial charge >= 0.3 is 6.03 Å². The number of para-hydroxylation sites is 2. The molecule has 1 saturated heterocycles. The van der Waals surface area contributed by atoms with E-state index in [1.165, 1.54) is 12.0 Å². The lowest BCUT2D eigenvalue weighted by Gasteiger charge is -2.23. The lowest BCUT2D eigenvalue weighted by Crippen LogP contribution is -2.40. The van der Waals surface area contributed by atoms with Crippen LogP contribution in [0.4, 0.5) is 4.79 Å². The van der Waals surface area contributed by atoms with Crippen molar-refractivity contribution in [1.29, 1.82) is 0 Å². The molecule has 1 fully saturated rings. The molecule has 0 bridgehead atoms. The van der Waals surface area contributed by atoms with Crippen molar-refractivity contribution in [1.82, 2.24) is 10.2 Å². The van der Waals surface area contributed by atoms with E-state index >= 15 is 0 Å². The predicted molar refractivity (Wildman–Crippen MR) is 119 cm³/mol. The Hall–Kier alpha value is -4.00. The summed E-state index contributed by atoms with van der Waals surface area (Å²) in [5, 5.41) is 2.82. The van der Waals surface area contributed by atoms with E-state index < -0.39 is 11.6 Å². The third-order valence-electron chi connectivity index (χ3n) is 5.51. The van der Waals surface area contributed by atoms with Gasteiger partial charge < -0.3 is 19.5 Å². The summed E-state index contributed by atoms with van der Waals surface area (Å²) in [5.74, 6) is 1.92. The first-order valence-corrected chi connectivity index (χ1v) is 10.1. The van der Waals surface area contributed by atoms with Crippen LogP contribution in [0.2, 0.25) is 0 Å². The highest BCUT2D eigenvalue weighted by Gasteiger charge is 2.49. The second-order valence-corrected chi connectivity index (χ2v) is 7.54. The van der Waals surface area contributed by atoms with Gasteiger partial charge in [-0.2, -0.15) is 0 Å². The number of nitrogens with one attached hydrogen (secondary N) is 1. The van der Waals surface area contributed by atoms with Gasteiger partial charge in [0.05, 0.1) is 20.8 Å². The lowest BCUT2D eigenvalue weighted by atomic mass is 9.91. The largest absolute Gasteiger partial charge is 0.493 e. The quantitative estimate of drug-likeness (QED) is 0.558. The van der Waals surface area contributed by atoms with Gasteiger partial charge in [-0.25, -0.2) is 4.79 Å². The van der Waals surface area contributed by atoms with Gasteiger partial charge in [-0.1, -0.05) is 42.5 Å². The molecule has 3 aromatic rings. The number of hydrogen-bond donors (Lipinski definition) is 1. The van der Waals surface area contributed by atoms with Gasteiger partial charge in [0, 0.05) is 5.56 Å². The van der Waals surface area contributed by atoms with Crippen LogP contribution in [-0.2, 0) is 16.9 Å². The lowest BCUT2D eigenvalue weighted by molar-refractivity contribution is -0.131. The molecule has 164 valence electrons. The molecule has 1 heterocycles. The van der Waals surface area contributed by atoms with Crippen molar-refractivity contribution in [2.45, 2.75) is 19.0 Å². The van der Waals surface area contributed by atoms with E-state index in [9.17, 15) is 9.59 Å². The Labute approximate surface area is 186 Å². The molecule has 0 saturated carbocycles. The molecule has 7 nitrogen and oxygen atoms in total. The number of urea groups is 1. The summed E-state index contributed by atoms with van der Waals surface area (Å²) in [7, 11) is 3.06. The van der Waals surface area contributed by atoms with Gasteiger partial charge in [0.15, 0.2) is 11.5 Å². The van der Waals surface area contributed by atoms with Crippen LogP contribution in [0.1, 0.15) is 18.1 Å². The minimum absolute atomic E-state index is 0.0799. The van der Waals surface area contributed by atoms with Crippen LogP contribution in [0, 0.1) is 0 Å². The number of hydrogen-bond acceptors (Lipinski definition) is 5. The topological polar surface area (TPSA) is 77.1 Å². The molecule has 3 aromatic carbocycles. The fraction of sp³-hybridized carbons (Fsp3) is 0.200. The average Bonchev–Trinajstić information content (AvgIpc) is 3.04. The van der Waals surface area contributed by atoms with Crippen LogP contribution >= 0.6 is 0 Å². The SMILES string of the molecule is COc1ccc(C2(C)NC(=O)N(Cc3ccccc3Oc3ccccc3)C2=O)cc1OC. The zero-order valence-corrected chi connectivity index (χ0v) is 18.1. The monoisotopic (exact) mass is 432 g/mol. The predicted octanol–water partition coefficient (Wildman–Crippen LogP) is 4.46. The summed E-state index contributed by atoms with van der Waals surface area (Å²) in [5.41, 5.74) is 0.0903. The van der Waals surface area contributed by atoms with E-state index in [1.54, 1.807) is 32.2 Å². The van der Waals surface area contributed by atoms with E-state index in [4.69, 9.17) is 14.2 Å². The Morgan fingerprint density at radius 3 is 2.25 bits per heavy atom. The molecule has 1 N–H and O–H groups in total. The van der Waals surface area contributed by atoms with Crippen LogP contribution in [0.25, 0.3) is 0 Å². The number of carbonyl (C=O) groups excluding carboxylic acids is 2. The van der Waals surface area contributed by atoms with Crippen molar-refractivity contribution in [3.63, 3.8) is 0 Å². The number of carbonyl (C=O) groups is 2. The summed E-state index contributed by atoms with van der Waals surface area (Å²) in [4.78, 5) is 27.4. The number of nitrogens with zero attached hydrogens (tertiary/aromatic N) is 1. The summed E-state index contributed by atoms with van der Waals surface area (Å²) >= 11 is 0. The molecule has 1 atom stereocenters. The molecule has 0 aliphatic carbocycles. The van der Waals surface area contributed by atoms with Crippen molar-refractivity contribution in [2.75, 3.05) is 14.2 Å². The van der Waals surface area contributed by atoms with Crippen LogP contribution in [0.5, 0.6) is 23.0 Å². The number of rotatable bonds is 7. The second kappa shape index (κ2) is 8.63. The van der Waals surface area contributed by atoms with Crippen molar-refractivity contribution in [3.05, 3.63) is 83.9 Å². The fourth-order valence-electron chi connectivity index (χ4n) is 3.70. The maximum atomic E-state index is 13.4. The molecule has 4 rings (SSSR count). The Kier molecular flexibility index (Phi) is 5.73. The summed E-state index contributed by atoms with van der Waals surface area (Å²) in [6.45, 7) is 1.76. The van der Waals surface area contributed by atoms with Crippen molar-refractivity contribution >= 4 is 11.9 Å². The Morgan fingerprint density at radius 1 is 0.844 bits per heavy atom. The Balaban J connectivity index is 1.61. The Bertz CT molecular complexity index is 1150. The van der Waals surface area contributed by atoms with E-state index in [0.29, 0.717) is 28.6 Å². The van der Waals surface area contributed by atoms with Crippen LogP contribution in [0.3, 0.4) is 0 Å². The van der Waals surface area contributed by atoms with E-state index in [1.807, 2.05) is 54.6 Å². The molecule has 0 radical (unpaired) electrons. The van der Waals surface area contributed by atoms with E-state index in [2.05, 4.69) is 5.32 Å². The molecule has 0 aromatic heterocycles. The third kappa shape index (κ3) is 3.85. The highest BCUT2D eigenvalue weighted by molar-refractivity contribution is 6.07. The maximum absolute atomic E-state index is 13.4. The minimum Gasteiger partial charge on any atom is -0.493 e. The number of amides is 3. The number of imide groups is 1. The third-order valence-corrected chi connectivity index (χ3v) is 5.51. The van der Waals surface area contributed by atoms with Crippen molar-refractivity contribution in [3.8, 4) is 23.0 Å². The smallest absolute Gasteiger partial charge is 0.325 e. The van der Waals surface area contributed by atoms with Crippen LogP contribution in [-0.4, -0.2) is 31.1 Å². The molecular formula is C25H24N2O5. The van der Waals surface area contributed by atoms with Crippen molar-refractivity contribution < 1.29 is 23.8 Å². The highest BCUT2D eigenvalue weighted by Crippen LogP contribution is 2.36. The van der Waals surface area contributed by atoms with Gasteiger partial charge in [-0.3, -0.25) is 9.69 Å². The van der Waals surface area contributed by atoms with Crippen LogP contribution in [0.15, 0.2) is 72.8 Å². The normalized spacial score (nSPS) is 17.8. The molecule has 1 aliphatic rings. The van der Waals surface area contributed by atoms with Gasteiger partial charge in [-0.05, 0) is 42.8 Å². The standard InChI is InChI=1S/C25H24N2O5/c1-25(18-13-14-21(30-2)22(15-18)31-3)23(28)27(24(29)26-25)16-17-9-7-8-12-20(17)32-19-10-5-4-6-11-19/h4-15H,16H2,1-3H3,(H,26,29). The molecule has 7 heteroatoms. The molecule has 3 amide bonds.